The molecule has 0 spiro atoms. The Morgan fingerprint density at radius 2 is 1.73 bits per heavy atom. The Morgan fingerprint density at radius 1 is 1.05 bits per heavy atom. The van der Waals surface area contributed by atoms with Crippen LogP contribution in [-0.2, 0) is 6.42 Å². The van der Waals surface area contributed by atoms with Gasteiger partial charge in [-0.3, -0.25) is 0 Å². The predicted molar refractivity (Wildman–Crippen MR) is 92.2 cm³/mol. The van der Waals surface area contributed by atoms with Gasteiger partial charge in [-0.1, -0.05) is 34.8 Å². The molecule has 1 heterocycles. The number of hydrogen-bond donors (Lipinski definition) is 2. The summed E-state index contributed by atoms with van der Waals surface area (Å²) >= 11 is 18.0. The Hall–Kier alpha value is -1.50. The molecule has 1 aromatic heterocycles. The van der Waals surface area contributed by atoms with Gasteiger partial charge in [-0.05, 0) is 24.1 Å². The number of hydrogen-bond acceptors (Lipinski definition) is 6. The fourth-order valence-electron chi connectivity index (χ4n) is 1.72. The van der Waals surface area contributed by atoms with Gasteiger partial charge in [0.2, 0.25) is 17.8 Å². The number of nitrogens with two attached hydrogens (primary N) is 1. The van der Waals surface area contributed by atoms with Gasteiger partial charge in [-0.15, -0.1) is 0 Å². The zero-order valence-electron chi connectivity index (χ0n) is 12.1. The Morgan fingerprint density at radius 3 is 2.41 bits per heavy atom. The summed E-state index contributed by atoms with van der Waals surface area (Å²) < 4.78 is 0. The molecule has 9 heteroatoms. The van der Waals surface area contributed by atoms with E-state index in [-0.39, 0.29) is 5.95 Å². The van der Waals surface area contributed by atoms with E-state index in [9.17, 15) is 0 Å². The molecule has 0 fully saturated rings. The van der Waals surface area contributed by atoms with Crippen LogP contribution in [-0.4, -0.2) is 35.6 Å². The highest BCUT2D eigenvalue weighted by Gasteiger charge is 2.08. The average Bonchev–Trinajstić information content (AvgIpc) is 2.43. The number of halogens is 3. The van der Waals surface area contributed by atoms with E-state index < -0.39 is 0 Å². The van der Waals surface area contributed by atoms with Gasteiger partial charge >= 0.3 is 0 Å². The van der Waals surface area contributed by atoms with Crippen LogP contribution in [0.3, 0.4) is 0 Å². The molecule has 1 aromatic carbocycles. The van der Waals surface area contributed by atoms with E-state index in [1.54, 1.807) is 17.0 Å². The predicted octanol–water partition coefficient (Wildman–Crippen LogP) is 3.13. The quantitative estimate of drug-likeness (QED) is 0.796. The fraction of sp³-hybridized carbons (Fsp3) is 0.308. The largest absolute Gasteiger partial charge is 0.368 e. The van der Waals surface area contributed by atoms with Gasteiger partial charge in [-0.2, -0.15) is 15.0 Å². The van der Waals surface area contributed by atoms with E-state index in [0.717, 1.165) is 5.56 Å². The first-order chi connectivity index (χ1) is 10.4. The highest BCUT2D eigenvalue weighted by atomic mass is 35.5. The fourth-order valence-corrected chi connectivity index (χ4v) is 2.39. The summed E-state index contributed by atoms with van der Waals surface area (Å²) in [6.45, 7) is 0.563. The summed E-state index contributed by atoms with van der Waals surface area (Å²) in [6.07, 6.45) is 0.638. The molecule has 0 amide bonds. The molecule has 6 nitrogen and oxygen atoms in total. The Balaban J connectivity index is 2.04. The molecule has 0 bridgehead atoms. The topological polar surface area (TPSA) is 80.0 Å². The van der Waals surface area contributed by atoms with Gasteiger partial charge in [-0.25, -0.2) is 0 Å². The molecule has 118 valence electrons. The average molecular weight is 362 g/mol. The molecule has 2 aromatic rings. The molecule has 0 unspecified atom stereocenters. The van der Waals surface area contributed by atoms with Crippen molar-refractivity contribution in [2.75, 3.05) is 36.6 Å². The van der Waals surface area contributed by atoms with Gasteiger partial charge in [0, 0.05) is 25.7 Å². The van der Waals surface area contributed by atoms with Crippen molar-refractivity contribution in [2.24, 2.45) is 0 Å². The third-order valence-electron chi connectivity index (χ3n) is 2.81. The van der Waals surface area contributed by atoms with Crippen LogP contribution in [0, 0.1) is 0 Å². The summed E-state index contributed by atoms with van der Waals surface area (Å²) in [5.74, 6) is 1.06. The van der Waals surface area contributed by atoms with Crippen molar-refractivity contribution in [1.82, 2.24) is 15.0 Å². The maximum atomic E-state index is 6.14. The van der Waals surface area contributed by atoms with E-state index in [1.807, 2.05) is 14.1 Å². The first-order valence-electron chi connectivity index (χ1n) is 6.43. The van der Waals surface area contributed by atoms with Gasteiger partial charge in [0.05, 0.1) is 10.0 Å². The van der Waals surface area contributed by atoms with Crippen molar-refractivity contribution in [3.8, 4) is 0 Å². The van der Waals surface area contributed by atoms with Crippen LogP contribution in [0.2, 0.25) is 15.1 Å². The summed E-state index contributed by atoms with van der Waals surface area (Å²) in [7, 11) is 3.65. The van der Waals surface area contributed by atoms with Gasteiger partial charge < -0.3 is 16.0 Å². The molecule has 0 aliphatic carbocycles. The first kappa shape index (κ1) is 16.9. The molecule has 2 rings (SSSR count). The maximum absolute atomic E-state index is 6.14. The second-order valence-electron chi connectivity index (χ2n) is 4.75. The third kappa shape index (κ3) is 4.25. The lowest BCUT2D eigenvalue weighted by molar-refractivity contribution is 0.935. The van der Waals surface area contributed by atoms with Crippen LogP contribution < -0.4 is 16.0 Å². The number of anilines is 3. The summed E-state index contributed by atoms with van der Waals surface area (Å²) in [6, 6.07) is 3.38. The Labute approximate surface area is 143 Å². The summed E-state index contributed by atoms with van der Waals surface area (Å²) in [5, 5.41) is 4.56. The smallest absolute Gasteiger partial charge is 0.231 e. The van der Waals surface area contributed by atoms with E-state index >= 15 is 0 Å². The lowest BCUT2D eigenvalue weighted by atomic mass is 10.1. The highest BCUT2D eigenvalue weighted by Crippen LogP contribution is 2.29. The number of nitrogen functional groups attached to an aromatic ring is 1. The molecule has 0 saturated carbocycles. The Bertz CT molecular complexity index is 677. The van der Waals surface area contributed by atoms with Crippen LogP contribution in [0.15, 0.2) is 12.1 Å². The molecule has 0 aliphatic heterocycles. The number of nitrogens with zero attached hydrogens (tertiary/aromatic N) is 4. The van der Waals surface area contributed by atoms with Crippen LogP contribution in [0.1, 0.15) is 5.56 Å². The van der Waals surface area contributed by atoms with Gasteiger partial charge in [0.15, 0.2) is 0 Å². The van der Waals surface area contributed by atoms with Crippen molar-refractivity contribution in [1.29, 1.82) is 0 Å². The van der Waals surface area contributed by atoms with Crippen molar-refractivity contribution in [3.05, 3.63) is 32.8 Å². The van der Waals surface area contributed by atoms with Crippen molar-refractivity contribution < 1.29 is 0 Å². The SMILES string of the molecule is CN(C)c1nc(N)nc(NCCc2cc(Cl)c(Cl)cc2Cl)n1. The molecular weight excluding hydrogens is 347 g/mol. The minimum absolute atomic E-state index is 0.161. The molecule has 0 radical (unpaired) electrons. The van der Waals surface area contributed by atoms with E-state index in [4.69, 9.17) is 40.5 Å². The van der Waals surface area contributed by atoms with Gasteiger partial charge in [0.1, 0.15) is 0 Å². The number of aromatic nitrogens is 3. The second-order valence-corrected chi connectivity index (χ2v) is 5.97. The minimum Gasteiger partial charge on any atom is -0.368 e. The summed E-state index contributed by atoms with van der Waals surface area (Å²) in [4.78, 5) is 14.1. The molecule has 3 N–H and O–H groups in total. The lowest BCUT2D eigenvalue weighted by Gasteiger charge is -2.12. The van der Waals surface area contributed by atoms with Crippen LogP contribution >= 0.6 is 34.8 Å². The molecule has 22 heavy (non-hydrogen) atoms. The summed E-state index contributed by atoms with van der Waals surface area (Å²) in [5.41, 5.74) is 6.55. The first-order valence-corrected chi connectivity index (χ1v) is 7.56. The normalized spacial score (nSPS) is 10.6. The van der Waals surface area contributed by atoms with E-state index in [2.05, 4.69) is 20.3 Å². The standard InChI is InChI=1S/C13H15Cl3N6/c1-22(2)13-20-11(17)19-12(21-13)18-4-3-7-5-9(15)10(16)6-8(7)14/h5-6H,3-4H2,1-2H3,(H3,17,18,19,20,21). The molecule has 0 atom stereocenters. The van der Waals surface area contributed by atoms with Crippen LogP contribution in [0.25, 0.3) is 0 Å². The highest BCUT2D eigenvalue weighted by molar-refractivity contribution is 6.43. The zero-order valence-corrected chi connectivity index (χ0v) is 14.3. The van der Waals surface area contributed by atoms with E-state index in [1.165, 1.54) is 0 Å². The second kappa shape index (κ2) is 7.17. The third-order valence-corrected chi connectivity index (χ3v) is 3.88. The molecule has 0 saturated heterocycles. The van der Waals surface area contributed by atoms with Crippen LogP contribution in [0.5, 0.6) is 0 Å². The Kier molecular flexibility index (Phi) is 5.50. The zero-order chi connectivity index (χ0) is 16.3. The number of rotatable bonds is 5. The number of benzene rings is 1. The molecule has 0 aliphatic rings. The maximum Gasteiger partial charge on any atom is 0.231 e. The van der Waals surface area contributed by atoms with Crippen molar-refractivity contribution in [2.45, 2.75) is 6.42 Å². The van der Waals surface area contributed by atoms with Gasteiger partial charge in [0.25, 0.3) is 0 Å². The van der Waals surface area contributed by atoms with Crippen LogP contribution in [0.4, 0.5) is 17.8 Å². The van der Waals surface area contributed by atoms with Crippen molar-refractivity contribution in [3.63, 3.8) is 0 Å². The monoisotopic (exact) mass is 360 g/mol. The lowest BCUT2D eigenvalue weighted by Crippen LogP contribution is -2.17. The minimum atomic E-state index is 0.161. The van der Waals surface area contributed by atoms with Crippen molar-refractivity contribution >= 4 is 52.6 Å². The molecular formula is C13H15Cl3N6. The number of nitrogens with one attached hydrogen (secondary N) is 1. The van der Waals surface area contributed by atoms with E-state index in [0.29, 0.717) is 39.9 Å².